The largest absolute Gasteiger partial charge is 0.335 e. The van der Waals surface area contributed by atoms with Gasteiger partial charge < -0.3 is 5.32 Å². The molecule has 0 aliphatic carbocycles. The van der Waals surface area contributed by atoms with Crippen LogP contribution in [0.3, 0.4) is 0 Å². The molecule has 14 heavy (non-hydrogen) atoms. The van der Waals surface area contributed by atoms with Gasteiger partial charge in [0, 0.05) is 11.9 Å². The van der Waals surface area contributed by atoms with Gasteiger partial charge in [-0.25, -0.2) is 4.79 Å². The molecule has 0 aromatic carbocycles. The zero-order chi connectivity index (χ0) is 10.9. The van der Waals surface area contributed by atoms with Crippen LogP contribution in [0.25, 0.3) is 0 Å². The average molecular weight is 298 g/mol. The van der Waals surface area contributed by atoms with E-state index in [-0.39, 0.29) is 6.54 Å². The lowest BCUT2D eigenvalue weighted by Crippen LogP contribution is -2.31. The van der Waals surface area contributed by atoms with E-state index in [9.17, 15) is 9.59 Å². The molecule has 80 valence electrons. The van der Waals surface area contributed by atoms with Gasteiger partial charge in [-0.1, -0.05) is 23.2 Å². The maximum Gasteiger partial charge on any atom is 0.335 e. The molecule has 1 saturated heterocycles. The lowest BCUT2D eigenvalue weighted by Gasteiger charge is -2.23. The van der Waals surface area contributed by atoms with Crippen molar-refractivity contribution < 1.29 is 9.59 Å². The first-order chi connectivity index (χ1) is 6.34. The number of halogens is 4. The monoisotopic (exact) mass is 296 g/mol. The SMILES string of the molecule is O=C1CNC(=O)N1SC(Cl)(Cl)C(Cl)Cl. The maximum absolute atomic E-state index is 11.1. The van der Waals surface area contributed by atoms with Gasteiger partial charge in [-0.15, -0.1) is 23.2 Å². The van der Waals surface area contributed by atoms with E-state index in [1.807, 2.05) is 0 Å². The number of carbonyl (C=O) groups is 2. The molecule has 1 rings (SSSR count). The number of urea groups is 1. The molecule has 0 saturated carbocycles. The number of nitrogens with one attached hydrogen (secondary N) is 1. The van der Waals surface area contributed by atoms with Crippen molar-refractivity contribution in [2.24, 2.45) is 0 Å². The number of hydrogen-bond acceptors (Lipinski definition) is 3. The topological polar surface area (TPSA) is 49.4 Å². The molecule has 9 heteroatoms. The smallest absolute Gasteiger partial charge is 0.328 e. The number of alkyl halides is 4. The third-order valence-corrected chi connectivity index (χ3v) is 4.51. The Kier molecular flexibility index (Phi) is 4.05. The van der Waals surface area contributed by atoms with Crippen molar-refractivity contribution in [1.29, 1.82) is 0 Å². The Morgan fingerprint density at radius 3 is 2.36 bits per heavy atom. The predicted octanol–water partition coefficient (Wildman–Crippen LogP) is 2.12. The van der Waals surface area contributed by atoms with Crippen molar-refractivity contribution in [2.45, 2.75) is 8.50 Å². The zero-order valence-corrected chi connectivity index (χ0v) is 10.3. The molecule has 1 aliphatic rings. The van der Waals surface area contributed by atoms with Crippen LogP contribution in [0.15, 0.2) is 0 Å². The van der Waals surface area contributed by atoms with Gasteiger partial charge in [0.1, 0.15) is 6.54 Å². The van der Waals surface area contributed by atoms with Crippen LogP contribution in [0, 0.1) is 0 Å². The molecule has 0 bridgehead atoms. The van der Waals surface area contributed by atoms with Gasteiger partial charge in [0.15, 0.2) is 4.84 Å². The van der Waals surface area contributed by atoms with Gasteiger partial charge in [0.2, 0.25) is 3.67 Å². The maximum atomic E-state index is 11.1. The Balaban J connectivity index is 2.68. The highest BCUT2D eigenvalue weighted by atomic mass is 35.5. The Morgan fingerprint density at radius 1 is 1.43 bits per heavy atom. The Bertz CT molecular complexity index is 256. The molecule has 0 atom stereocenters. The molecule has 0 aromatic heterocycles. The second-order valence-electron chi connectivity index (χ2n) is 2.30. The summed E-state index contributed by atoms with van der Waals surface area (Å²) in [6.07, 6.45) is 0. The number of rotatable bonds is 3. The molecule has 0 aromatic rings. The van der Waals surface area contributed by atoms with E-state index in [2.05, 4.69) is 5.32 Å². The fourth-order valence-corrected chi connectivity index (χ4v) is 1.95. The lowest BCUT2D eigenvalue weighted by atomic mass is 10.7. The highest BCUT2D eigenvalue weighted by Gasteiger charge is 2.41. The lowest BCUT2D eigenvalue weighted by molar-refractivity contribution is -0.121. The fraction of sp³-hybridized carbons (Fsp3) is 0.600. The van der Waals surface area contributed by atoms with Crippen LogP contribution in [0.4, 0.5) is 4.79 Å². The van der Waals surface area contributed by atoms with E-state index in [0.29, 0.717) is 11.9 Å². The van der Waals surface area contributed by atoms with Crippen molar-refractivity contribution in [2.75, 3.05) is 6.54 Å². The first kappa shape index (κ1) is 12.5. The van der Waals surface area contributed by atoms with Crippen LogP contribution >= 0.6 is 58.4 Å². The first-order valence-electron chi connectivity index (χ1n) is 3.30. The van der Waals surface area contributed by atoms with E-state index in [0.717, 1.165) is 4.31 Å². The van der Waals surface area contributed by atoms with Crippen molar-refractivity contribution in [3.8, 4) is 0 Å². The summed E-state index contributed by atoms with van der Waals surface area (Å²) >= 11 is 22.8. The summed E-state index contributed by atoms with van der Waals surface area (Å²) < 4.78 is -0.849. The van der Waals surface area contributed by atoms with Crippen LogP contribution in [-0.2, 0) is 4.79 Å². The third kappa shape index (κ3) is 2.73. The number of nitrogens with zero attached hydrogens (tertiary/aromatic N) is 1. The highest BCUT2D eigenvalue weighted by molar-refractivity contribution is 8.02. The van der Waals surface area contributed by atoms with Crippen molar-refractivity contribution in [3.63, 3.8) is 0 Å². The second kappa shape index (κ2) is 4.53. The van der Waals surface area contributed by atoms with Gasteiger partial charge in [-0.05, 0) is 0 Å². The molecular weight excluding hydrogens is 294 g/mol. The quantitative estimate of drug-likeness (QED) is 0.493. The van der Waals surface area contributed by atoms with Crippen LogP contribution in [0.1, 0.15) is 0 Å². The minimum atomic E-state index is -1.64. The fourth-order valence-electron chi connectivity index (χ4n) is 0.662. The van der Waals surface area contributed by atoms with Crippen molar-refractivity contribution in [3.05, 3.63) is 0 Å². The minimum Gasteiger partial charge on any atom is -0.328 e. The Labute approximate surface area is 104 Å². The Hall–Kier alpha value is 0.450. The van der Waals surface area contributed by atoms with E-state index in [4.69, 9.17) is 46.4 Å². The van der Waals surface area contributed by atoms with Crippen molar-refractivity contribution >= 4 is 70.3 Å². The van der Waals surface area contributed by atoms with Crippen molar-refractivity contribution in [1.82, 2.24) is 9.62 Å². The van der Waals surface area contributed by atoms with Crippen LogP contribution < -0.4 is 5.32 Å². The van der Waals surface area contributed by atoms with Crippen LogP contribution in [-0.4, -0.2) is 31.3 Å². The predicted molar refractivity (Wildman–Crippen MR) is 57.8 cm³/mol. The number of hydrogen-bond donors (Lipinski definition) is 1. The molecule has 0 spiro atoms. The number of carbonyl (C=O) groups excluding carboxylic acids is 2. The van der Waals surface area contributed by atoms with Crippen LogP contribution in [0.5, 0.6) is 0 Å². The standard InChI is InChI=1S/C5H4Cl4N2O2S/c6-3(7)5(8,9)14-11-2(12)1-10-4(11)13/h3H,1H2,(H,10,13). The molecule has 3 amide bonds. The highest BCUT2D eigenvalue weighted by Crippen LogP contribution is 2.44. The normalized spacial score (nSPS) is 17.9. The van der Waals surface area contributed by atoms with Gasteiger partial charge in [0.05, 0.1) is 0 Å². The van der Waals surface area contributed by atoms with Gasteiger partial charge >= 0.3 is 6.03 Å². The molecule has 1 aliphatic heterocycles. The van der Waals surface area contributed by atoms with E-state index in [1.54, 1.807) is 0 Å². The summed E-state index contributed by atoms with van der Waals surface area (Å²) in [6.45, 7) is -0.0784. The van der Waals surface area contributed by atoms with Gasteiger partial charge in [0.25, 0.3) is 5.91 Å². The average Bonchev–Trinajstić information content (AvgIpc) is 2.35. The number of imide groups is 1. The van der Waals surface area contributed by atoms with E-state index >= 15 is 0 Å². The summed E-state index contributed by atoms with van der Waals surface area (Å²) in [5.74, 6) is -0.445. The van der Waals surface area contributed by atoms with Gasteiger partial charge in [-0.3, -0.25) is 4.79 Å². The summed E-state index contributed by atoms with van der Waals surface area (Å²) in [7, 11) is 0. The molecule has 1 heterocycles. The Morgan fingerprint density at radius 2 is 2.00 bits per heavy atom. The van der Waals surface area contributed by atoms with Gasteiger partial charge in [-0.2, -0.15) is 4.31 Å². The molecule has 1 fully saturated rings. The minimum absolute atomic E-state index is 0.0784. The molecular formula is C5H4Cl4N2O2S. The zero-order valence-electron chi connectivity index (χ0n) is 6.47. The second-order valence-corrected chi connectivity index (χ2v) is 6.42. The summed E-state index contributed by atoms with van der Waals surface area (Å²) in [4.78, 5) is 21.0. The number of amides is 3. The molecule has 0 radical (unpaired) electrons. The van der Waals surface area contributed by atoms with E-state index in [1.165, 1.54) is 0 Å². The van der Waals surface area contributed by atoms with E-state index < -0.39 is 20.4 Å². The summed E-state index contributed by atoms with van der Waals surface area (Å²) in [5.41, 5.74) is 0. The molecule has 1 N–H and O–H groups in total. The summed E-state index contributed by atoms with van der Waals surface area (Å²) in [5, 5.41) is 2.29. The van der Waals surface area contributed by atoms with Crippen LogP contribution in [0.2, 0.25) is 0 Å². The first-order valence-corrected chi connectivity index (χ1v) is 5.70. The molecule has 0 unspecified atom stereocenters. The molecule has 4 nitrogen and oxygen atoms in total. The third-order valence-electron chi connectivity index (χ3n) is 1.27. The summed E-state index contributed by atoms with van der Waals surface area (Å²) in [6, 6.07) is -0.584.